The minimum absolute atomic E-state index is 0.0693. The zero-order valence-electron chi connectivity index (χ0n) is 13.1. The van der Waals surface area contributed by atoms with Gasteiger partial charge in [0.05, 0.1) is 17.0 Å². The number of nitro groups is 1. The molecule has 0 radical (unpaired) electrons. The first-order valence-electron chi connectivity index (χ1n) is 7.56. The SMILES string of the molecule is O=C(C=Cc1ccccc1[N+](=O)[O-])c1cccc(N2CCOC2=O)c1. The van der Waals surface area contributed by atoms with Gasteiger partial charge in [0.25, 0.3) is 5.69 Å². The van der Waals surface area contributed by atoms with Gasteiger partial charge in [0.1, 0.15) is 6.61 Å². The fourth-order valence-electron chi connectivity index (χ4n) is 2.51. The number of ketones is 1. The summed E-state index contributed by atoms with van der Waals surface area (Å²) in [6.07, 6.45) is 2.25. The van der Waals surface area contributed by atoms with Crippen molar-refractivity contribution < 1.29 is 19.2 Å². The van der Waals surface area contributed by atoms with Gasteiger partial charge in [0.2, 0.25) is 0 Å². The Morgan fingerprint density at radius 1 is 1.20 bits per heavy atom. The van der Waals surface area contributed by atoms with Crippen molar-refractivity contribution in [1.29, 1.82) is 0 Å². The molecule has 0 N–H and O–H groups in total. The van der Waals surface area contributed by atoms with Crippen LogP contribution >= 0.6 is 0 Å². The molecule has 0 aliphatic carbocycles. The van der Waals surface area contributed by atoms with E-state index in [9.17, 15) is 19.7 Å². The van der Waals surface area contributed by atoms with E-state index in [0.717, 1.165) is 0 Å². The van der Waals surface area contributed by atoms with Gasteiger partial charge in [-0.2, -0.15) is 0 Å². The van der Waals surface area contributed by atoms with E-state index < -0.39 is 11.0 Å². The van der Waals surface area contributed by atoms with Crippen molar-refractivity contribution in [2.75, 3.05) is 18.1 Å². The molecule has 1 fully saturated rings. The molecule has 1 heterocycles. The number of carbonyl (C=O) groups is 2. The van der Waals surface area contributed by atoms with Crippen LogP contribution in [0.3, 0.4) is 0 Å². The van der Waals surface area contributed by atoms with Gasteiger partial charge < -0.3 is 4.74 Å². The van der Waals surface area contributed by atoms with Crippen molar-refractivity contribution in [3.05, 3.63) is 75.8 Å². The van der Waals surface area contributed by atoms with Gasteiger partial charge >= 0.3 is 6.09 Å². The third-order valence-corrected chi connectivity index (χ3v) is 3.75. The van der Waals surface area contributed by atoms with Crippen LogP contribution in [0, 0.1) is 10.1 Å². The summed E-state index contributed by atoms with van der Waals surface area (Å²) in [5, 5.41) is 11.0. The van der Waals surface area contributed by atoms with E-state index in [1.807, 2.05) is 0 Å². The summed E-state index contributed by atoms with van der Waals surface area (Å²) < 4.78 is 4.89. The monoisotopic (exact) mass is 338 g/mol. The van der Waals surface area contributed by atoms with E-state index in [4.69, 9.17) is 4.74 Å². The van der Waals surface area contributed by atoms with E-state index in [1.54, 1.807) is 42.5 Å². The molecule has 0 bridgehead atoms. The Labute approximate surface area is 143 Å². The number of nitrogens with zero attached hydrogens (tertiary/aromatic N) is 2. The lowest BCUT2D eigenvalue weighted by molar-refractivity contribution is -0.385. The largest absolute Gasteiger partial charge is 0.447 e. The van der Waals surface area contributed by atoms with Crippen LogP contribution in [0.15, 0.2) is 54.6 Å². The number of nitro benzene ring substituents is 1. The van der Waals surface area contributed by atoms with Crippen LogP contribution in [0.5, 0.6) is 0 Å². The van der Waals surface area contributed by atoms with Crippen molar-refractivity contribution >= 4 is 29.3 Å². The van der Waals surface area contributed by atoms with Gasteiger partial charge in [-0.1, -0.05) is 24.3 Å². The van der Waals surface area contributed by atoms with E-state index in [-0.39, 0.29) is 11.5 Å². The standard InChI is InChI=1S/C18H14N2O5/c21-17(9-8-13-4-1-2-7-16(13)20(23)24)14-5-3-6-15(12-14)19-10-11-25-18(19)22/h1-9,12H,10-11H2. The van der Waals surface area contributed by atoms with Crippen LogP contribution in [0.1, 0.15) is 15.9 Å². The molecule has 0 saturated carbocycles. The molecule has 126 valence electrons. The Kier molecular flexibility index (Phi) is 4.56. The molecule has 0 atom stereocenters. The van der Waals surface area contributed by atoms with Crippen LogP contribution in [-0.2, 0) is 4.74 Å². The smallest absolute Gasteiger partial charge is 0.414 e. The van der Waals surface area contributed by atoms with Gasteiger partial charge in [-0.05, 0) is 30.4 Å². The Morgan fingerprint density at radius 3 is 2.72 bits per heavy atom. The number of allylic oxidation sites excluding steroid dienone is 1. The highest BCUT2D eigenvalue weighted by molar-refractivity contribution is 6.08. The molecule has 2 aromatic rings. The second kappa shape index (κ2) is 6.96. The van der Waals surface area contributed by atoms with Crippen molar-refractivity contribution in [3.63, 3.8) is 0 Å². The molecule has 1 saturated heterocycles. The molecule has 7 nitrogen and oxygen atoms in total. The molecule has 1 aliphatic heterocycles. The Morgan fingerprint density at radius 2 is 2.00 bits per heavy atom. The average molecular weight is 338 g/mol. The summed E-state index contributed by atoms with van der Waals surface area (Å²) in [6, 6.07) is 12.8. The maximum atomic E-state index is 12.4. The summed E-state index contributed by atoms with van der Waals surface area (Å²) in [7, 11) is 0. The number of hydrogen-bond donors (Lipinski definition) is 0. The van der Waals surface area contributed by atoms with Crippen LogP contribution in [0.4, 0.5) is 16.2 Å². The van der Waals surface area contributed by atoms with Gasteiger partial charge in [0, 0.05) is 17.3 Å². The van der Waals surface area contributed by atoms with Crippen LogP contribution in [0.25, 0.3) is 6.08 Å². The average Bonchev–Trinajstić information content (AvgIpc) is 3.06. The van der Waals surface area contributed by atoms with Gasteiger partial charge in [-0.3, -0.25) is 19.8 Å². The van der Waals surface area contributed by atoms with Gasteiger partial charge in [-0.15, -0.1) is 0 Å². The fourth-order valence-corrected chi connectivity index (χ4v) is 2.51. The molecule has 1 amide bonds. The van der Waals surface area contributed by atoms with E-state index >= 15 is 0 Å². The Hall–Kier alpha value is -3.48. The summed E-state index contributed by atoms with van der Waals surface area (Å²) in [4.78, 5) is 35.9. The highest BCUT2D eigenvalue weighted by atomic mass is 16.6. The highest BCUT2D eigenvalue weighted by Gasteiger charge is 2.23. The molecule has 2 aromatic carbocycles. The minimum Gasteiger partial charge on any atom is -0.447 e. The van der Waals surface area contributed by atoms with Gasteiger partial charge in [0.15, 0.2) is 5.78 Å². The van der Waals surface area contributed by atoms with E-state index in [2.05, 4.69) is 0 Å². The number of rotatable bonds is 5. The topological polar surface area (TPSA) is 89.8 Å². The number of amides is 1. The fraction of sp³-hybridized carbons (Fsp3) is 0.111. The Balaban J connectivity index is 1.82. The van der Waals surface area contributed by atoms with Crippen LogP contribution in [-0.4, -0.2) is 30.0 Å². The first-order chi connectivity index (χ1) is 12.1. The van der Waals surface area contributed by atoms with Crippen molar-refractivity contribution in [2.45, 2.75) is 0 Å². The summed E-state index contributed by atoms with van der Waals surface area (Å²) in [6.45, 7) is 0.747. The zero-order chi connectivity index (χ0) is 17.8. The molecule has 1 aliphatic rings. The van der Waals surface area contributed by atoms with Crippen molar-refractivity contribution in [2.24, 2.45) is 0 Å². The first kappa shape index (κ1) is 16.4. The lowest BCUT2D eigenvalue weighted by Gasteiger charge is -2.13. The summed E-state index contributed by atoms with van der Waals surface area (Å²) >= 11 is 0. The first-order valence-corrected chi connectivity index (χ1v) is 7.56. The lowest BCUT2D eigenvalue weighted by Crippen LogP contribution is -2.23. The van der Waals surface area contributed by atoms with E-state index in [0.29, 0.717) is 30.0 Å². The third-order valence-electron chi connectivity index (χ3n) is 3.75. The molecule has 3 rings (SSSR count). The molecular weight excluding hydrogens is 324 g/mol. The molecule has 25 heavy (non-hydrogen) atoms. The second-order valence-corrected chi connectivity index (χ2v) is 5.33. The Bertz CT molecular complexity index is 875. The van der Waals surface area contributed by atoms with Gasteiger partial charge in [-0.25, -0.2) is 4.79 Å². The maximum Gasteiger partial charge on any atom is 0.414 e. The number of cyclic esters (lactones) is 1. The number of ether oxygens (including phenoxy) is 1. The third kappa shape index (κ3) is 3.55. The van der Waals surface area contributed by atoms with Crippen LogP contribution < -0.4 is 4.90 Å². The molecular formula is C18H14N2O5. The zero-order valence-corrected chi connectivity index (χ0v) is 13.1. The normalized spacial score (nSPS) is 13.9. The molecule has 7 heteroatoms. The predicted octanol–water partition coefficient (Wildman–Crippen LogP) is 3.45. The number of benzene rings is 2. The maximum absolute atomic E-state index is 12.4. The number of hydrogen-bond acceptors (Lipinski definition) is 5. The minimum atomic E-state index is -0.496. The number of para-hydroxylation sites is 1. The molecule has 0 spiro atoms. The molecule has 0 aromatic heterocycles. The van der Waals surface area contributed by atoms with E-state index in [1.165, 1.54) is 23.1 Å². The second-order valence-electron chi connectivity index (χ2n) is 5.33. The quantitative estimate of drug-likeness (QED) is 0.360. The number of carbonyl (C=O) groups excluding carboxylic acids is 2. The highest BCUT2D eigenvalue weighted by Crippen LogP contribution is 2.22. The lowest BCUT2D eigenvalue weighted by atomic mass is 10.1. The molecule has 0 unspecified atom stereocenters. The van der Waals surface area contributed by atoms with Crippen molar-refractivity contribution in [3.8, 4) is 0 Å². The predicted molar refractivity (Wildman–Crippen MR) is 91.6 cm³/mol. The van der Waals surface area contributed by atoms with Crippen LogP contribution in [0.2, 0.25) is 0 Å². The summed E-state index contributed by atoms with van der Waals surface area (Å²) in [5.74, 6) is -0.312. The summed E-state index contributed by atoms with van der Waals surface area (Å²) in [5.41, 5.74) is 1.24. The van der Waals surface area contributed by atoms with Crippen molar-refractivity contribution in [1.82, 2.24) is 0 Å². The number of anilines is 1.